The number of carbonyl (C=O) groups is 1. The van der Waals surface area contributed by atoms with Crippen LogP contribution in [0.25, 0.3) is 0 Å². The predicted molar refractivity (Wildman–Crippen MR) is 55.1 cm³/mol. The Hall–Kier alpha value is -1.50. The van der Waals surface area contributed by atoms with Crippen molar-refractivity contribution < 1.29 is 14.1 Å². The molecule has 0 aliphatic heterocycles. The average Bonchev–Trinajstić information content (AvgIpc) is 2.08. The fraction of sp³-hybridized carbons (Fsp3) is 0.125. The van der Waals surface area contributed by atoms with Crippen molar-refractivity contribution in [3.05, 3.63) is 32.5 Å². The van der Waals surface area contributed by atoms with Crippen LogP contribution in [0.1, 0.15) is 6.92 Å². The number of hydrogen-bond acceptors (Lipinski definition) is 3. The van der Waals surface area contributed by atoms with Crippen LogP contribution in [-0.2, 0) is 4.79 Å². The number of anilines is 1. The van der Waals surface area contributed by atoms with Crippen LogP contribution in [0.4, 0.5) is 15.8 Å². The molecule has 1 N–H and O–H groups in total. The van der Waals surface area contributed by atoms with Crippen molar-refractivity contribution in [2.24, 2.45) is 0 Å². The maximum absolute atomic E-state index is 13.2. The fourth-order valence-electron chi connectivity index (χ4n) is 0.963. The molecule has 1 amide bonds. The first-order chi connectivity index (χ1) is 6.91. The number of hydrogen-bond donors (Lipinski definition) is 1. The quantitative estimate of drug-likeness (QED) is 0.666. The summed E-state index contributed by atoms with van der Waals surface area (Å²) >= 11 is 2.85. The molecule has 7 heteroatoms. The highest BCUT2D eigenvalue weighted by atomic mass is 79.9. The third-order valence-electron chi connectivity index (χ3n) is 1.54. The van der Waals surface area contributed by atoms with Crippen molar-refractivity contribution in [2.45, 2.75) is 6.92 Å². The van der Waals surface area contributed by atoms with E-state index in [4.69, 9.17) is 0 Å². The number of benzene rings is 1. The number of halogens is 2. The van der Waals surface area contributed by atoms with Gasteiger partial charge in [-0.3, -0.25) is 14.9 Å². The van der Waals surface area contributed by atoms with Crippen molar-refractivity contribution >= 4 is 33.2 Å². The van der Waals surface area contributed by atoms with Gasteiger partial charge < -0.3 is 5.32 Å². The van der Waals surface area contributed by atoms with Crippen LogP contribution in [0.5, 0.6) is 0 Å². The second kappa shape index (κ2) is 4.35. The average molecular weight is 277 g/mol. The zero-order valence-corrected chi connectivity index (χ0v) is 9.17. The molecule has 0 spiro atoms. The number of amides is 1. The van der Waals surface area contributed by atoms with E-state index >= 15 is 0 Å². The van der Waals surface area contributed by atoms with Gasteiger partial charge in [0.05, 0.1) is 15.1 Å². The minimum absolute atomic E-state index is 0.0269. The molecule has 80 valence electrons. The summed E-state index contributed by atoms with van der Waals surface area (Å²) in [5.41, 5.74) is -0.516. The van der Waals surface area contributed by atoms with Gasteiger partial charge in [-0.2, -0.15) is 0 Å². The molecule has 15 heavy (non-hydrogen) atoms. The van der Waals surface area contributed by atoms with E-state index in [-0.39, 0.29) is 15.8 Å². The van der Waals surface area contributed by atoms with E-state index in [0.29, 0.717) is 0 Å². The lowest BCUT2D eigenvalue weighted by atomic mass is 10.2. The molecule has 0 unspecified atom stereocenters. The van der Waals surface area contributed by atoms with Crippen LogP contribution in [0, 0.1) is 15.9 Å². The molecule has 0 aliphatic carbocycles. The van der Waals surface area contributed by atoms with Gasteiger partial charge in [0, 0.05) is 13.0 Å². The van der Waals surface area contributed by atoms with Crippen LogP contribution in [0.15, 0.2) is 16.6 Å². The Morgan fingerprint density at radius 2 is 2.20 bits per heavy atom. The molecule has 1 aromatic carbocycles. The highest BCUT2D eigenvalue weighted by Crippen LogP contribution is 2.30. The summed E-state index contributed by atoms with van der Waals surface area (Å²) in [7, 11) is 0. The third kappa shape index (κ3) is 2.72. The molecule has 1 rings (SSSR count). The molecule has 0 heterocycles. The topological polar surface area (TPSA) is 72.2 Å². The lowest BCUT2D eigenvalue weighted by Gasteiger charge is -2.04. The molecule has 0 aromatic heterocycles. The SMILES string of the molecule is CC(=O)Nc1cc([N+](=O)[O-])c(Br)cc1F. The minimum Gasteiger partial charge on any atom is -0.324 e. The summed E-state index contributed by atoms with van der Waals surface area (Å²) in [5, 5.41) is 12.7. The van der Waals surface area contributed by atoms with E-state index in [0.717, 1.165) is 12.1 Å². The molecule has 0 aliphatic rings. The number of carbonyl (C=O) groups excluding carboxylic acids is 1. The second-order valence-electron chi connectivity index (χ2n) is 2.72. The monoisotopic (exact) mass is 276 g/mol. The Morgan fingerprint density at radius 3 is 2.67 bits per heavy atom. The number of nitrogens with one attached hydrogen (secondary N) is 1. The van der Waals surface area contributed by atoms with E-state index in [2.05, 4.69) is 21.2 Å². The van der Waals surface area contributed by atoms with Gasteiger partial charge in [-0.15, -0.1) is 0 Å². The summed E-state index contributed by atoms with van der Waals surface area (Å²) in [6, 6.07) is 1.89. The molecule has 0 saturated carbocycles. The van der Waals surface area contributed by atoms with Crippen molar-refractivity contribution in [2.75, 3.05) is 5.32 Å². The van der Waals surface area contributed by atoms with Gasteiger partial charge in [0.2, 0.25) is 5.91 Å². The lowest BCUT2D eigenvalue weighted by molar-refractivity contribution is -0.385. The Bertz CT molecular complexity index is 436. The molecule has 0 atom stereocenters. The Morgan fingerprint density at radius 1 is 1.60 bits per heavy atom. The first-order valence-corrected chi connectivity index (χ1v) is 4.62. The zero-order chi connectivity index (χ0) is 11.6. The minimum atomic E-state index is -0.734. The van der Waals surface area contributed by atoms with Gasteiger partial charge >= 0.3 is 0 Å². The van der Waals surface area contributed by atoms with Gasteiger partial charge in [0.1, 0.15) is 5.82 Å². The number of nitrogens with zero attached hydrogens (tertiary/aromatic N) is 1. The van der Waals surface area contributed by atoms with Crippen molar-refractivity contribution in [3.8, 4) is 0 Å². The highest BCUT2D eigenvalue weighted by molar-refractivity contribution is 9.10. The maximum atomic E-state index is 13.2. The largest absolute Gasteiger partial charge is 0.324 e. The molecule has 0 fully saturated rings. The molecule has 5 nitrogen and oxygen atoms in total. The molecule has 1 aromatic rings. The smallest absolute Gasteiger partial charge is 0.285 e. The summed E-state index contributed by atoms with van der Waals surface area (Å²) in [6.45, 7) is 1.19. The van der Waals surface area contributed by atoms with Gasteiger partial charge in [0.25, 0.3) is 5.69 Å². The standard InChI is InChI=1S/C8H6BrFN2O3/c1-4(13)11-7-3-8(12(14)15)5(9)2-6(7)10/h2-3H,1H3,(H,11,13). The molecule has 0 saturated heterocycles. The number of rotatable bonds is 2. The van der Waals surface area contributed by atoms with Crippen LogP contribution >= 0.6 is 15.9 Å². The fourth-order valence-corrected chi connectivity index (χ4v) is 1.42. The number of nitro benzene ring substituents is 1. The van der Waals surface area contributed by atoms with Gasteiger partial charge in [-0.1, -0.05) is 0 Å². The van der Waals surface area contributed by atoms with E-state index < -0.39 is 16.6 Å². The number of nitro groups is 1. The van der Waals surface area contributed by atoms with Crippen molar-refractivity contribution in [1.82, 2.24) is 0 Å². The molecular weight excluding hydrogens is 271 g/mol. The van der Waals surface area contributed by atoms with Crippen LogP contribution in [0.3, 0.4) is 0 Å². The predicted octanol–water partition coefficient (Wildman–Crippen LogP) is 2.45. The Kier molecular flexibility index (Phi) is 3.35. The molecule has 0 bridgehead atoms. The molecule has 0 radical (unpaired) electrons. The van der Waals surface area contributed by atoms with E-state index in [1.165, 1.54) is 6.92 Å². The van der Waals surface area contributed by atoms with Crippen molar-refractivity contribution in [1.29, 1.82) is 0 Å². The van der Waals surface area contributed by atoms with E-state index in [9.17, 15) is 19.3 Å². The lowest BCUT2D eigenvalue weighted by Crippen LogP contribution is -2.08. The Balaban J connectivity index is 3.23. The normalized spacial score (nSPS) is 9.80. The highest BCUT2D eigenvalue weighted by Gasteiger charge is 2.16. The molecular formula is C8H6BrFN2O3. The Labute approximate surface area is 92.6 Å². The summed E-state index contributed by atoms with van der Waals surface area (Å²) < 4.78 is 13.2. The van der Waals surface area contributed by atoms with E-state index in [1.807, 2.05) is 0 Å². The van der Waals surface area contributed by atoms with Gasteiger partial charge in [-0.05, 0) is 22.0 Å². The third-order valence-corrected chi connectivity index (χ3v) is 2.18. The van der Waals surface area contributed by atoms with Crippen molar-refractivity contribution in [3.63, 3.8) is 0 Å². The van der Waals surface area contributed by atoms with E-state index in [1.54, 1.807) is 0 Å². The second-order valence-corrected chi connectivity index (χ2v) is 3.58. The maximum Gasteiger partial charge on any atom is 0.285 e. The van der Waals surface area contributed by atoms with Crippen LogP contribution in [-0.4, -0.2) is 10.8 Å². The van der Waals surface area contributed by atoms with Gasteiger partial charge in [-0.25, -0.2) is 4.39 Å². The summed E-state index contributed by atoms with van der Waals surface area (Å²) in [4.78, 5) is 20.5. The van der Waals surface area contributed by atoms with Crippen LogP contribution < -0.4 is 5.32 Å². The zero-order valence-electron chi connectivity index (χ0n) is 7.58. The summed E-state index contributed by atoms with van der Waals surface area (Å²) in [5.74, 6) is -1.23. The first kappa shape index (κ1) is 11.6. The first-order valence-electron chi connectivity index (χ1n) is 3.83. The van der Waals surface area contributed by atoms with Gasteiger partial charge in [0.15, 0.2) is 0 Å². The van der Waals surface area contributed by atoms with Crippen LogP contribution in [0.2, 0.25) is 0 Å². The summed E-state index contributed by atoms with van der Waals surface area (Å²) in [6.07, 6.45) is 0.